The lowest BCUT2D eigenvalue weighted by Crippen LogP contribution is -2.28. The van der Waals surface area contributed by atoms with Crippen molar-refractivity contribution in [2.24, 2.45) is 4.99 Å². The summed E-state index contributed by atoms with van der Waals surface area (Å²) in [6.07, 6.45) is 1.77. The van der Waals surface area contributed by atoms with Crippen LogP contribution < -0.4 is 5.49 Å². The van der Waals surface area contributed by atoms with Crippen LogP contribution in [0.5, 0.6) is 0 Å². The molecule has 2 rings (SSSR count). The van der Waals surface area contributed by atoms with Crippen LogP contribution in [-0.4, -0.2) is 16.5 Å². The Labute approximate surface area is 119 Å². The summed E-state index contributed by atoms with van der Waals surface area (Å²) < 4.78 is 1.61. The summed E-state index contributed by atoms with van der Waals surface area (Å²) in [6, 6.07) is 11.6. The molecular formula is C17H20N2O. The van der Waals surface area contributed by atoms with Gasteiger partial charge in [-0.2, -0.15) is 0 Å². The molecule has 0 fully saturated rings. The molecule has 0 unspecified atom stereocenters. The highest BCUT2D eigenvalue weighted by atomic mass is 16.2. The van der Waals surface area contributed by atoms with Crippen LogP contribution >= 0.6 is 0 Å². The van der Waals surface area contributed by atoms with E-state index in [1.807, 2.05) is 58.0 Å². The fraction of sp³-hybridized carbons (Fsp3) is 0.294. The van der Waals surface area contributed by atoms with Gasteiger partial charge in [0, 0.05) is 17.8 Å². The Morgan fingerprint density at radius 2 is 1.75 bits per heavy atom. The molecule has 0 aliphatic carbocycles. The van der Waals surface area contributed by atoms with Crippen molar-refractivity contribution in [2.75, 3.05) is 0 Å². The van der Waals surface area contributed by atoms with Gasteiger partial charge in [-0.25, -0.2) is 0 Å². The Bertz CT molecular complexity index is 676. The quantitative estimate of drug-likeness (QED) is 0.824. The van der Waals surface area contributed by atoms with Gasteiger partial charge < -0.3 is 0 Å². The molecule has 0 amide bonds. The van der Waals surface area contributed by atoms with Crippen molar-refractivity contribution in [2.45, 2.75) is 33.7 Å². The summed E-state index contributed by atoms with van der Waals surface area (Å²) in [6.45, 7) is 7.99. The summed E-state index contributed by atoms with van der Waals surface area (Å²) in [5, 5.41) is 0. The van der Waals surface area contributed by atoms with Crippen LogP contribution in [0.25, 0.3) is 0 Å². The molecule has 1 heterocycles. The van der Waals surface area contributed by atoms with Crippen LogP contribution in [0.3, 0.4) is 0 Å². The molecule has 0 spiro atoms. The smallest absolute Gasteiger partial charge is 0.263 e. The Kier molecular flexibility index (Phi) is 4.18. The second-order valence-corrected chi connectivity index (χ2v) is 5.33. The molecule has 0 N–H and O–H groups in total. The zero-order chi connectivity index (χ0) is 14.7. The lowest BCUT2D eigenvalue weighted by molar-refractivity contribution is 0.0954. The normalized spacial score (nSPS) is 11.9. The van der Waals surface area contributed by atoms with Gasteiger partial charge in [0.15, 0.2) is 0 Å². The third kappa shape index (κ3) is 3.23. The topological polar surface area (TPSA) is 34.4 Å². The maximum atomic E-state index is 12.7. The number of carbonyl (C=O) groups excluding carboxylic acids is 1. The third-order valence-electron chi connectivity index (χ3n) is 2.92. The first-order chi connectivity index (χ1) is 9.47. The minimum Gasteiger partial charge on any atom is -0.268 e. The lowest BCUT2D eigenvalue weighted by Gasteiger charge is -2.08. The van der Waals surface area contributed by atoms with Gasteiger partial charge in [-0.05, 0) is 52.0 Å². The number of aromatic nitrogens is 1. The third-order valence-corrected chi connectivity index (χ3v) is 2.92. The van der Waals surface area contributed by atoms with Crippen LogP contribution in [0, 0.1) is 13.8 Å². The van der Waals surface area contributed by atoms with Crippen molar-refractivity contribution in [3.05, 3.63) is 64.8 Å². The van der Waals surface area contributed by atoms with E-state index in [1.54, 1.807) is 10.8 Å². The van der Waals surface area contributed by atoms with Gasteiger partial charge in [0.1, 0.15) is 5.49 Å². The first kappa shape index (κ1) is 14.3. The summed E-state index contributed by atoms with van der Waals surface area (Å²) in [4.78, 5) is 17.1. The van der Waals surface area contributed by atoms with Gasteiger partial charge in [-0.3, -0.25) is 14.4 Å². The molecule has 0 atom stereocenters. The molecule has 0 aliphatic heterocycles. The maximum Gasteiger partial charge on any atom is 0.263 e. The fourth-order valence-corrected chi connectivity index (χ4v) is 2.21. The lowest BCUT2D eigenvalue weighted by atomic mass is 10.1. The van der Waals surface area contributed by atoms with E-state index in [9.17, 15) is 4.79 Å². The predicted molar refractivity (Wildman–Crippen MR) is 80.8 cm³/mol. The molecule has 3 heteroatoms. The number of nitrogens with zero attached hydrogens (tertiary/aromatic N) is 2. The van der Waals surface area contributed by atoms with Crippen molar-refractivity contribution in [3.63, 3.8) is 0 Å². The molecule has 0 aliphatic rings. The average Bonchev–Trinajstić information content (AvgIpc) is 2.36. The van der Waals surface area contributed by atoms with E-state index < -0.39 is 0 Å². The summed E-state index contributed by atoms with van der Waals surface area (Å²) in [7, 11) is 0. The highest BCUT2D eigenvalue weighted by molar-refractivity contribution is 5.96. The van der Waals surface area contributed by atoms with Gasteiger partial charge in [0.05, 0.1) is 0 Å². The maximum absolute atomic E-state index is 12.7. The van der Waals surface area contributed by atoms with Crippen LogP contribution in [0.2, 0.25) is 0 Å². The first-order valence-electron chi connectivity index (χ1n) is 6.82. The van der Waals surface area contributed by atoms with Gasteiger partial charge in [0.25, 0.3) is 5.91 Å². The standard InChI is InChI=1S/C17H20N2O/c1-12(2)18-16-7-5-6-8-19(16)17(20)15-10-13(3)9-14(4)11-15/h5-12H,1-4H3. The number of aryl methyl sites for hydroxylation is 2. The van der Waals surface area contributed by atoms with E-state index in [-0.39, 0.29) is 11.9 Å². The molecule has 0 bridgehead atoms. The Morgan fingerprint density at radius 3 is 2.35 bits per heavy atom. The van der Waals surface area contributed by atoms with E-state index in [4.69, 9.17) is 0 Å². The SMILES string of the molecule is Cc1cc(C)cc(C(=O)n2ccccc2=NC(C)C)c1. The molecule has 104 valence electrons. The number of carbonyl (C=O) groups is 1. The van der Waals surface area contributed by atoms with E-state index in [0.29, 0.717) is 11.1 Å². The highest BCUT2D eigenvalue weighted by Gasteiger charge is 2.09. The van der Waals surface area contributed by atoms with Crippen molar-refractivity contribution in [1.29, 1.82) is 0 Å². The minimum atomic E-state index is -0.0446. The summed E-state index contributed by atoms with van der Waals surface area (Å²) >= 11 is 0. The number of pyridine rings is 1. The van der Waals surface area contributed by atoms with E-state index in [2.05, 4.69) is 11.1 Å². The number of hydrogen-bond donors (Lipinski definition) is 0. The summed E-state index contributed by atoms with van der Waals surface area (Å²) in [5.74, 6) is -0.0446. The van der Waals surface area contributed by atoms with E-state index >= 15 is 0 Å². The van der Waals surface area contributed by atoms with Crippen LogP contribution in [-0.2, 0) is 0 Å². The largest absolute Gasteiger partial charge is 0.268 e. The molecule has 20 heavy (non-hydrogen) atoms. The minimum absolute atomic E-state index is 0.0446. The monoisotopic (exact) mass is 268 g/mol. The highest BCUT2D eigenvalue weighted by Crippen LogP contribution is 2.10. The number of hydrogen-bond acceptors (Lipinski definition) is 2. The van der Waals surface area contributed by atoms with Crippen molar-refractivity contribution in [1.82, 2.24) is 4.57 Å². The Balaban J connectivity index is 2.54. The van der Waals surface area contributed by atoms with Gasteiger partial charge >= 0.3 is 0 Å². The first-order valence-corrected chi connectivity index (χ1v) is 6.82. The molecular weight excluding hydrogens is 248 g/mol. The zero-order valence-corrected chi connectivity index (χ0v) is 12.4. The molecule has 2 aromatic rings. The van der Waals surface area contributed by atoms with Crippen LogP contribution in [0.4, 0.5) is 0 Å². The van der Waals surface area contributed by atoms with E-state index in [0.717, 1.165) is 11.1 Å². The van der Waals surface area contributed by atoms with E-state index in [1.165, 1.54) is 0 Å². The van der Waals surface area contributed by atoms with Crippen LogP contribution in [0.1, 0.15) is 35.3 Å². The number of rotatable bonds is 2. The zero-order valence-electron chi connectivity index (χ0n) is 12.4. The van der Waals surface area contributed by atoms with Gasteiger partial charge in [-0.1, -0.05) is 23.3 Å². The van der Waals surface area contributed by atoms with Gasteiger partial charge in [0.2, 0.25) is 0 Å². The molecule has 0 saturated carbocycles. The Morgan fingerprint density at radius 1 is 1.10 bits per heavy atom. The molecule has 3 nitrogen and oxygen atoms in total. The molecule has 1 aromatic heterocycles. The van der Waals surface area contributed by atoms with Crippen LogP contribution in [0.15, 0.2) is 47.6 Å². The Hall–Kier alpha value is -2.16. The van der Waals surface area contributed by atoms with Crippen molar-refractivity contribution < 1.29 is 4.79 Å². The second-order valence-electron chi connectivity index (χ2n) is 5.33. The van der Waals surface area contributed by atoms with Gasteiger partial charge in [-0.15, -0.1) is 0 Å². The second kappa shape index (κ2) is 5.87. The molecule has 0 radical (unpaired) electrons. The van der Waals surface area contributed by atoms with Crippen molar-refractivity contribution >= 4 is 5.91 Å². The fourth-order valence-electron chi connectivity index (χ4n) is 2.21. The average molecular weight is 268 g/mol. The molecule has 0 saturated heterocycles. The predicted octanol–water partition coefficient (Wildman–Crippen LogP) is 3.10. The molecule has 1 aromatic carbocycles. The van der Waals surface area contributed by atoms with Crippen molar-refractivity contribution in [3.8, 4) is 0 Å². The summed E-state index contributed by atoms with van der Waals surface area (Å²) in [5.41, 5.74) is 3.56. The number of benzene rings is 1.